The Hall–Kier alpha value is -1.10. The minimum absolute atomic E-state index is 0.562. The highest BCUT2D eigenvalue weighted by Crippen LogP contribution is 2.30. The maximum atomic E-state index is 6.37. The lowest BCUT2D eigenvalue weighted by Crippen LogP contribution is -2.14. The molecule has 1 aromatic carbocycles. The number of halogens is 2. The van der Waals surface area contributed by atoms with Gasteiger partial charge < -0.3 is 0 Å². The number of benzene rings is 1. The van der Waals surface area contributed by atoms with Crippen molar-refractivity contribution in [2.75, 3.05) is 6.54 Å². The lowest BCUT2D eigenvalue weighted by Gasteiger charge is -2.09. The quantitative estimate of drug-likeness (QED) is 0.603. The summed E-state index contributed by atoms with van der Waals surface area (Å²) in [6.45, 7) is 9.15. The van der Waals surface area contributed by atoms with Gasteiger partial charge in [-0.05, 0) is 44.4 Å². The van der Waals surface area contributed by atoms with Crippen LogP contribution in [0.3, 0.4) is 0 Å². The third-order valence-electron chi connectivity index (χ3n) is 3.16. The van der Waals surface area contributed by atoms with E-state index in [0.29, 0.717) is 22.5 Å². The first kappa shape index (κ1) is 18.2. The molecule has 23 heavy (non-hydrogen) atoms. The second kappa shape index (κ2) is 8.13. The van der Waals surface area contributed by atoms with Gasteiger partial charge in [-0.3, -0.25) is 4.99 Å². The second-order valence-corrected chi connectivity index (χ2v) is 7.43. The fourth-order valence-corrected chi connectivity index (χ4v) is 3.72. The first-order valence-electron chi connectivity index (χ1n) is 7.63. The number of rotatable bonds is 5. The van der Waals surface area contributed by atoms with Gasteiger partial charge in [0.15, 0.2) is 0 Å². The zero-order valence-corrected chi connectivity index (χ0v) is 16.1. The summed E-state index contributed by atoms with van der Waals surface area (Å²) in [4.78, 5) is 5.41. The largest absolute Gasteiger partial charge is 0.258 e. The molecule has 0 N–H and O–H groups in total. The van der Waals surface area contributed by atoms with Crippen LogP contribution in [-0.4, -0.2) is 16.9 Å². The van der Waals surface area contributed by atoms with E-state index in [1.807, 2.05) is 36.0 Å². The zero-order chi connectivity index (χ0) is 17.0. The van der Waals surface area contributed by atoms with Gasteiger partial charge in [0.2, 0.25) is 4.80 Å². The standard InChI is InChI=1S/C17H21Cl2N3S/c1-5-20-17-22(21-12(4)8-11(2)3)16(10-23-17)14-7-6-13(18)9-15(14)19/h6-7,9-11H,5,8H2,1-4H3/b20-17?,21-12+. The summed E-state index contributed by atoms with van der Waals surface area (Å²) in [5.74, 6) is 0.562. The van der Waals surface area contributed by atoms with Crippen molar-refractivity contribution in [2.45, 2.75) is 34.1 Å². The van der Waals surface area contributed by atoms with Crippen LogP contribution in [0.5, 0.6) is 0 Å². The van der Waals surface area contributed by atoms with Gasteiger partial charge in [0.25, 0.3) is 0 Å². The fourth-order valence-electron chi connectivity index (χ4n) is 2.32. The van der Waals surface area contributed by atoms with Crippen LogP contribution in [-0.2, 0) is 0 Å². The first-order chi connectivity index (χ1) is 10.9. The van der Waals surface area contributed by atoms with Crippen molar-refractivity contribution in [3.05, 3.63) is 38.4 Å². The van der Waals surface area contributed by atoms with Crippen LogP contribution in [0.15, 0.2) is 33.7 Å². The molecule has 1 heterocycles. The molecule has 1 aromatic heterocycles. The molecule has 0 saturated carbocycles. The highest BCUT2D eigenvalue weighted by Gasteiger charge is 2.12. The number of aromatic nitrogens is 1. The Bertz CT molecular complexity index is 772. The highest BCUT2D eigenvalue weighted by molar-refractivity contribution is 7.07. The predicted molar refractivity (Wildman–Crippen MR) is 102 cm³/mol. The zero-order valence-electron chi connectivity index (χ0n) is 13.8. The van der Waals surface area contributed by atoms with Crippen molar-refractivity contribution >= 4 is 40.3 Å². The van der Waals surface area contributed by atoms with Crippen LogP contribution < -0.4 is 4.80 Å². The third kappa shape index (κ3) is 4.69. The normalized spacial score (nSPS) is 13.2. The molecule has 124 valence electrons. The average Bonchev–Trinajstić information content (AvgIpc) is 2.81. The first-order valence-corrected chi connectivity index (χ1v) is 9.26. The molecule has 0 aliphatic rings. The Morgan fingerprint density at radius 1 is 1.30 bits per heavy atom. The minimum atomic E-state index is 0.562. The molecule has 0 amide bonds. The molecule has 0 atom stereocenters. The van der Waals surface area contributed by atoms with E-state index in [1.54, 1.807) is 17.4 Å². The lowest BCUT2D eigenvalue weighted by molar-refractivity contribution is 0.675. The second-order valence-electron chi connectivity index (χ2n) is 5.75. The molecule has 0 unspecified atom stereocenters. The summed E-state index contributed by atoms with van der Waals surface area (Å²) in [6.07, 6.45) is 0.947. The minimum Gasteiger partial charge on any atom is -0.258 e. The molecule has 2 rings (SSSR count). The smallest absolute Gasteiger partial charge is 0.206 e. The molecule has 3 nitrogen and oxygen atoms in total. The Kier molecular flexibility index (Phi) is 6.45. The molecule has 2 aromatic rings. The lowest BCUT2D eigenvalue weighted by atomic mass is 10.1. The molecule has 0 spiro atoms. The van der Waals surface area contributed by atoms with E-state index in [1.165, 1.54) is 0 Å². The van der Waals surface area contributed by atoms with E-state index >= 15 is 0 Å². The molecular formula is C17H21Cl2N3S. The van der Waals surface area contributed by atoms with Gasteiger partial charge in [0.05, 0.1) is 10.7 Å². The molecule has 0 radical (unpaired) electrons. The summed E-state index contributed by atoms with van der Waals surface area (Å²) >= 11 is 13.9. The van der Waals surface area contributed by atoms with Gasteiger partial charge in [-0.25, -0.2) is 4.68 Å². The molecule has 0 saturated heterocycles. The molecule has 0 aliphatic carbocycles. The van der Waals surface area contributed by atoms with Crippen LogP contribution in [0.2, 0.25) is 10.0 Å². The Labute approximate surface area is 151 Å². The molecule has 0 bridgehead atoms. The maximum Gasteiger partial charge on any atom is 0.206 e. The topological polar surface area (TPSA) is 29.6 Å². The van der Waals surface area contributed by atoms with Crippen LogP contribution in [0.1, 0.15) is 34.1 Å². The summed E-state index contributed by atoms with van der Waals surface area (Å²) in [7, 11) is 0. The van der Waals surface area contributed by atoms with Gasteiger partial charge in [-0.15, -0.1) is 11.3 Å². The van der Waals surface area contributed by atoms with Gasteiger partial charge >= 0.3 is 0 Å². The SMILES string of the molecule is CCN=c1scc(-c2ccc(Cl)cc2Cl)n1/N=C(\C)CC(C)C. The number of nitrogens with zero attached hydrogens (tertiary/aromatic N) is 3. The Morgan fingerprint density at radius 2 is 2.04 bits per heavy atom. The van der Waals surface area contributed by atoms with Crippen LogP contribution in [0.4, 0.5) is 0 Å². The monoisotopic (exact) mass is 369 g/mol. The number of hydrogen-bond donors (Lipinski definition) is 0. The van der Waals surface area contributed by atoms with Crippen LogP contribution in [0.25, 0.3) is 11.3 Å². The van der Waals surface area contributed by atoms with Crippen LogP contribution in [0, 0.1) is 5.92 Å². The van der Waals surface area contributed by atoms with Gasteiger partial charge in [0.1, 0.15) is 0 Å². The van der Waals surface area contributed by atoms with Crippen molar-refractivity contribution in [1.82, 2.24) is 4.68 Å². The predicted octanol–water partition coefficient (Wildman–Crippen LogP) is 5.71. The van der Waals surface area contributed by atoms with E-state index in [4.69, 9.17) is 28.3 Å². The summed E-state index contributed by atoms with van der Waals surface area (Å²) in [5, 5.41) is 8.05. The van der Waals surface area contributed by atoms with Gasteiger partial charge in [-0.2, -0.15) is 5.10 Å². The van der Waals surface area contributed by atoms with Crippen molar-refractivity contribution < 1.29 is 0 Å². The highest BCUT2D eigenvalue weighted by atomic mass is 35.5. The van der Waals surface area contributed by atoms with E-state index in [9.17, 15) is 0 Å². The molecular weight excluding hydrogens is 349 g/mol. The van der Waals surface area contributed by atoms with Crippen molar-refractivity contribution in [3.8, 4) is 11.3 Å². The molecule has 0 aliphatic heterocycles. The van der Waals surface area contributed by atoms with Crippen molar-refractivity contribution in [2.24, 2.45) is 16.0 Å². The van der Waals surface area contributed by atoms with Crippen molar-refractivity contribution in [3.63, 3.8) is 0 Å². The van der Waals surface area contributed by atoms with Gasteiger partial charge in [-0.1, -0.05) is 37.0 Å². The third-order valence-corrected chi connectivity index (χ3v) is 4.56. The number of thiazole rings is 1. The van der Waals surface area contributed by atoms with E-state index in [-0.39, 0.29) is 0 Å². The molecule has 0 fully saturated rings. The summed E-state index contributed by atoms with van der Waals surface area (Å²) in [6, 6.07) is 5.51. The van der Waals surface area contributed by atoms with Crippen LogP contribution >= 0.6 is 34.5 Å². The van der Waals surface area contributed by atoms with Gasteiger partial charge in [0, 0.05) is 28.2 Å². The van der Waals surface area contributed by atoms with Crippen molar-refractivity contribution in [1.29, 1.82) is 0 Å². The van der Waals surface area contributed by atoms with E-state index in [0.717, 1.165) is 28.2 Å². The van der Waals surface area contributed by atoms with E-state index in [2.05, 4.69) is 18.8 Å². The summed E-state index contributed by atoms with van der Waals surface area (Å²) in [5.41, 5.74) is 2.92. The molecule has 6 heteroatoms. The Morgan fingerprint density at radius 3 is 2.65 bits per heavy atom. The maximum absolute atomic E-state index is 6.37. The van der Waals surface area contributed by atoms with E-state index < -0.39 is 0 Å². The average molecular weight is 370 g/mol. The number of hydrogen-bond acceptors (Lipinski definition) is 3. The Balaban J connectivity index is 2.59. The fraction of sp³-hybridized carbons (Fsp3) is 0.412. The summed E-state index contributed by atoms with van der Waals surface area (Å²) < 4.78 is 1.89.